The van der Waals surface area contributed by atoms with E-state index in [2.05, 4.69) is 0 Å². The minimum Gasteiger partial charge on any atom is -0.294 e. The molecule has 0 saturated heterocycles. The van der Waals surface area contributed by atoms with E-state index in [9.17, 15) is 4.79 Å². The first-order chi connectivity index (χ1) is 9.32. The second kappa shape index (κ2) is 6.13. The van der Waals surface area contributed by atoms with Crippen LogP contribution in [0.3, 0.4) is 0 Å². The predicted octanol–water partition coefficient (Wildman–Crippen LogP) is 6.82. The fraction of sp³-hybridized carbons (Fsp3) is 0.0714. The molecule has 2 aromatic carbocycles. The van der Waals surface area contributed by atoms with Crippen LogP contribution in [0.2, 0.25) is 25.1 Å². The molecule has 0 heterocycles. The van der Waals surface area contributed by atoms with E-state index in [1.165, 1.54) is 13.0 Å². The van der Waals surface area contributed by atoms with Gasteiger partial charge in [0.05, 0.1) is 25.1 Å². The number of hydrogen-bond acceptors (Lipinski definition) is 1. The molecule has 0 aliphatic carbocycles. The van der Waals surface area contributed by atoms with Gasteiger partial charge in [0.25, 0.3) is 0 Å². The highest BCUT2D eigenvalue weighted by Gasteiger charge is 2.17. The summed E-state index contributed by atoms with van der Waals surface area (Å²) in [5.74, 6) is -0.122. The second-order valence-corrected chi connectivity index (χ2v) is 6.07. The second-order valence-electron chi connectivity index (χ2n) is 4.09. The third kappa shape index (κ3) is 2.93. The lowest BCUT2D eigenvalue weighted by Gasteiger charge is -2.12. The molecule has 0 spiro atoms. The molecule has 20 heavy (non-hydrogen) atoms. The lowest BCUT2D eigenvalue weighted by atomic mass is 10.0. The molecule has 0 amide bonds. The lowest BCUT2D eigenvalue weighted by molar-refractivity contribution is 0.101. The van der Waals surface area contributed by atoms with Crippen molar-refractivity contribution in [3.05, 3.63) is 54.9 Å². The summed E-state index contributed by atoms with van der Waals surface area (Å²) in [5.41, 5.74) is 1.55. The number of rotatable bonds is 2. The summed E-state index contributed by atoms with van der Waals surface area (Å²) in [6.45, 7) is 1.44. The summed E-state index contributed by atoms with van der Waals surface area (Å²) in [6, 6.07) is 6.39. The first kappa shape index (κ1) is 15.9. The zero-order valence-corrected chi connectivity index (χ0v) is 13.9. The molecule has 0 unspecified atom stereocenters. The van der Waals surface area contributed by atoms with Crippen molar-refractivity contribution in [3.63, 3.8) is 0 Å². The van der Waals surface area contributed by atoms with Crippen LogP contribution in [0.25, 0.3) is 11.1 Å². The zero-order chi connectivity index (χ0) is 15.0. The van der Waals surface area contributed by atoms with Gasteiger partial charge < -0.3 is 0 Å². The van der Waals surface area contributed by atoms with Gasteiger partial charge in [0, 0.05) is 11.1 Å². The van der Waals surface area contributed by atoms with Crippen molar-refractivity contribution in [2.75, 3.05) is 0 Å². The molecule has 2 rings (SSSR count). The molecule has 0 saturated carbocycles. The third-order valence-corrected chi connectivity index (χ3v) is 4.64. The first-order valence-corrected chi connectivity index (χ1v) is 7.35. The Bertz CT molecular complexity index is 683. The number of carbonyl (C=O) groups excluding carboxylic acids is 1. The molecule has 1 nitrogen and oxygen atoms in total. The topological polar surface area (TPSA) is 17.1 Å². The van der Waals surface area contributed by atoms with Crippen molar-refractivity contribution in [2.45, 2.75) is 6.92 Å². The number of halogens is 5. The molecule has 0 N–H and O–H groups in total. The minimum atomic E-state index is -0.122. The maximum Gasteiger partial charge on any atom is 0.161 e. The van der Waals surface area contributed by atoms with Gasteiger partial charge in [-0.2, -0.15) is 0 Å². The van der Waals surface area contributed by atoms with E-state index in [4.69, 9.17) is 58.0 Å². The monoisotopic (exact) mass is 366 g/mol. The smallest absolute Gasteiger partial charge is 0.161 e. The maximum absolute atomic E-state index is 11.4. The zero-order valence-electron chi connectivity index (χ0n) is 10.1. The van der Waals surface area contributed by atoms with E-state index in [-0.39, 0.29) is 15.8 Å². The van der Waals surface area contributed by atoms with Crippen molar-refractivity contribution >= 4 is 63.8 Å². The van der Waals surface area contributed by atoms with E-state index in [1.54, 1.807) is 18.2 Å². The van der Waals surface area contributed by atoms with Crippen molar-refractivity contribution in [3.8, 4) is 11.1 Å². The van der Waals surface area contributed by atoms with Crippen molar-refractivity contribution in [2.24, 2.45) is 0 Å². The quantitative estimate of drug-likeness (QED) is 0.420. The van der Waals surface area contributed by atoms with Crippen LogP contribution in [-0.4, -0.2) is 5.78 Å². The predicted molar refractivity (Wildman–Crippen MR) is 86.9 cm³/mol. The standard InChI is InChI=1S/C14H7Cl5O/c1-6(20)8-3-2-7(4-9(8)15)12-13(18)10(16)5-11(17)14(12)19/h2-5H,1H3. The van der Waals surface area contributed by atoms with Gasteiger partial charge in [0.15, 0.2) is 5.78 Å². The average molecular weight is 368 g/mol. The van der Waals surface area contributed by atoms with Gasteiger partial charge >= 0.3 is 0 Å². The largest absolute Gasteiger partial charge is 0.294 e. The number of hydrogen-bond donors (Lipinski definition) is 0. The Morgan fingerprint density at radius 2 is 1.40 bits per heavy atom. The molecule has 0 bridgehead atoms. The van der Waals surface area contributed by atoms with Crippen LogP contribution in [0, 0.1) is 0 Å². The van der Waals surface area contributed by atoms with Crippen LogP contribution in [0.1, 0.15) is 17.3 Å². The summed E-state index contributed by atoms with van der Waals surface area (Å²) < 4.78 is 0. The van der Waals surface area contributed by atoms with Gasteiger partial charge in [-0.25, -0.2) is 0 Å². The molecule has 0 atom stereocenters. The Kier molecular flexibility index (Phi) is 4.88. The van der Waals surface area contributed by atoms with Gasteiger partial charge in [-0.05, 0) is 30.7 Å². The molecular weight excluding hydrogens is 361 g/mol. The molecule has 2 aromatic rings. The SMILES string of the molecule is CC(=O)c1ccc(-c2c(Cl)c(Cl)cc(Cl)c2Cl)cc1Cl. The Morgan fingerprint density at radius 3 is 1.85 bits per heavy atom. The maximum atomic E-state index is 11.4. The highest BCUT2D eigenvalue weighted by Crippen LogP contribution is 2.43. The van der Waals surface area contributed by atoms with Gasteiger partial charge in [-0.1, -0.05) is 64.1 Å². The molecule has 0 aromatic heterocycles. The fourth-order valence-electron chi connectivity index (χ4n) is 1.78. The normalized spacial score (nSPS) is 10.7. The molecule has 0 aliphatic heterocycles. The van der Waals surface area contributed by atoms with Gasteiger partial charge in [0.1, 0.15) is 0 Å². The lowest BCUT2D eigenvalue weighted by Crippen LogP contribution is -1.94. The van der Waals surface area contributed by atoms with Crippen LogP contribution in [-0.2, 0) is 0 Å². The van der Waals surface area contributed by atoms with E-state index < -0.39 is 0 Å². The summed E-state index contributed by atoms with van der Waals surface area (Å²) in [7, 11) is 0. The third-order valence-electron chi connectivity index (χ3n) is 2.75. The van der Waals surface area contributed by atoms with E-state index in [0.717, 1.165) is 0 Å². The molecule has 0 radical (unpaired) electrons. The Morgan fingerprint density at radius 1 is 0.850 bits per heavy atom. The van der Waals surface area contributed by atoms with E-state index in [0.29, 0.717) is 31.8 Å². The minimum absolute atomic E-state index is 0.122. The van der Waals surface area contributed by atoms with Crippen LogP contribution in [0.15, 0.2) is 24.3 Å². The first-order valence-electron chi connectivity index (χ1n) is 5.46. The summed E-state index contributed by atoms with van der Waals surface area (Å²) in [5, 5.41) is 1.48. The van der Waals surface area contributed by atoms with Crippen LogP contribution >= 0.6 is 58.0 Å². The van der Waals surface area contributed by atoms with Crippen molar-refractivity contribution in [1.82, 2.24) is 0 Å². The van der Waals surface area contributed by atoms with E-state index >= 15 is 0 Å². The molecule has 0 fully saturated rings. The number of benzene rings is 2. The average Bonchev–Trinajstić information content (AvgIpc) is 2.36. The molecule has 104 valence electrons. The summed E-state index contributed by atoms with van der Waals surface area (Å²) >= 11 is 30.4. The van der Waals surface area contributed by atoms with Crippen molar-refractivity contribution in [1.29, 1.82) is 0 Å². The van der Waals surface area contributed by atoms with Gasteiger partial charge in [-0.3, -0.25) is 4.79 Å². The van der Waals surface area contributed by atoms with Crippen molar-refractivity contribution < 1.29 is 4.79 Å². The molecule has 0 aliphatic rings. The van der Waals surface area contributed by atoms with Crippen LogP contribution in [0.5, 0.6) is 0 Å². The molecular formula is C14H7Cl5O. The van der Waals surface area contributed by atoms with Gasteiger partial charge in [-0.15, -0.1) is 0 Å². The Balaban J connectivity index is 2.69. The number of carbonyl (C=O) groups is 1. The fourth-order valence-corrected chi connectivity index (χ4v) is 3.12. The van der Waals surface area contributed by atoms with E-state index in [1.807, 2.05) is 0 Å². The molecule has 6 heteroatoms. The summed E-state index contributed by atoms with van der Waals surface area (Å²) in [4.78, 5) is 11.4. The van der Waals surface area contributed by atoms with Crippen LogP contribution in [0.4, 0.5) is 0 Å². The van der Waals surface area contributed by atoms with Crippen LogP contribution < -0.4 is 0 Å². The van der Waals surface area contributed by atoms with Gasteiger partial charge in [0.2, 0.25) is 0 Å². The highest BCUT2D eigenvalue weighted by atomic mass is 35.5. The highest BCUT2D eigenvalue weighted by molar-refractivity contribution is 6.50. The Hall–Kier alpha value is -0.440. The Labute approximate surface area is 141 Å². The number of ketones is 1. The number of Topliss-reactive ketones (excluding diaryl/α,β-unsaturated/α-hetero) is 1. The summed E-state index contributed by atoms with van der Waals surface area (Å²) in [6.07, 6.45) is 0.